The van der Waals surface area contributed by atoms with Gasteiger partial charge in [-0.05, 0) is 59.0 Å². The van der Waals surface area contributed by atoms with Crippen molar-refractivity contribution in [2.75, 3.05) is 33.8 Å². The van der Waals surface area contributed by atoms with Crippen molar-refractivity contribution in [1.82, 2.24) is 14.9 Å². The molecule has 1 saturated heterocycles. The third-order valence-electron chi connectivity index (χ3n) is 4.95. The Kier molecular flexibility index (Phi) is 9.04. The summed E-state index contributed by atoms with van der Waals surface area (Å²) in [4.78, 5) is 14.3. The van der Waals surface area contributed by atoms with E-state index in [1.165, 1.54) is 0 Å². The van der Waals surface area contributed by atoms with Gasteiger partial charge in [0.05, 0.1) is 36.2 Å². The van der Waals surface area contributed by atoms with Gasteiger partial charge in [-0.3, -0.25) is 4.79 Å². The molecule has 2 rings (SSSR count). The van der Waals surface area contributed by atoms with E-state index in [1.54, 1.807) is 24.3 Å². The number of hydrogen-bond acceptors (Lipinski definition) is 6. The molecule has 1 aromatic rings. The molecule has 0 saturated carbocycles. The average Bonchev–Trinajstić information content (AvgIpc) is 2.66. The van der Waals surface area contributed by atoms with Gasteiger partial charge in [-0.15, -0.1) is 0 Å². The molecule has 0 bridgehead atoms. The number of nitrogens with zero attached hydrogens (tertiary/aromatic N) is 1. The maximum atomic E-state index is 12.6. The molecule has 1 aliphatic rings. The lowest BCUT2D eigenvalue weighted by molar-refractivity contribution is -0.130. The van der Waals surface area contributed by atoms with Crippen LogP contribution in [0.3, 0.4) is 0 Å². The van der Waals surface area contributed by atoms with E-state index in [0.717, 1.165) is 18.5 Å². The second-order valence-corrected chi connectivity index (χ2v) is 9.52. The number of aliphatic hydroxyl groups is 1. The predicted molar refractivity (Wildman–Crippen MR) is 111 cm³/mol. The number of amides is 1. The second kappa shape index (κ2) is 11.0. The highest BCUT2D eigenvalue weighted by Crippen LogP contribution is 2.23. The van der Waals surface area contributed by atoms with E-state index in [-0.39, 0.29) is 29.9 Å². The standard InChI is InChI=1S/C20H33N3O5S/c1-15-5-8-17(9-6-15)29(26,27)22-18-10-7-16(28-19(18)14-24)13-20(25)21-11-4-12-23(2)3/h5-6,8-9,16,18-19,22,24H,4,7,10-14H2,1-3H3,(H,21,25)/t16-,18+,19-/m0/s1. The van der Waals surface area contributed by atoms with Crippen molar-refractivity contribution < 1.29 is 23.1 Å². The fraction of sp³-hybridized carbons (Fsp3) is 0.650. The summed E-state index contributed by atoms with van der Waals surface area (Å²) in [5, 5.41) is 12.6. The molecule has 1 fully saturated rings. The zero-order valence-corrected chi connectivity index (χ0v) is 18.2. The van der Waals surface area contributed by atoms with Crippen molar-refractivity contribution in [3.05, 3.63) is 29.8 Å². The SMILES string of the molecule is Cc1ccc(S(=O)(=O)N[C@@H]2CC[C@@H](CC(=O)NCCCN(C)C)O[C@H]2CO)cc1. The van der Waals surface area contributed by atoms with Crippen LogP contribution in [-0.2, 0) is 19.6 Å². The summed E-state index contributed by atoms with van der Waals surface area (Å²) < 4.78 is 33.7. The van der Waals surface area contributed by atoms with Crippen molar-refractivity contribution in [1.29, 1.82) is 0 Å². The molecule has 3 atom stereocenters. The minimum atomic E-state index is -3.71. The molecule has 1 aliphatic heterocycles. The quantitative estimate of drug-likeness (QED) is 0.473. The van der Waals surface area contributed by atoms with E-state index in [9.17, 15) is 18.3 Å². The Morgan fingerprint density at radius 2 is 1.93 bits per heavy atom. The predicted octanol–water partition coefficient (Wildman–Crippen LogP) is 0.640. The summed E-state index contributed by atoms with van der Waals surface area (Å²) in [6.07, 6.45) is 1.09. The van der Waals surface area contributed by atoms with Crippen molar-refractivity contribution in [2.24, 2.45) is 0 Å². The molecule has 9 heteroatoms. The lowest BCUT2D eigenvalue weighted by atomic mass is 9.98. The number of carbonyl (C=O) groups is 1. The molecule has 1 amide bonds. The molecule has 1 aromatic carbocycles. The second-order valence-electron chi connectivity index (χ2n) is 7.81. The molecule has 1 heterocycles. The molecule has 0 aromatic heterocycles. The topological polar surface area (TPSA) is 108 Å². The molecule has 0 aliphatic carbocycles. The summed E-state index contributed by atoms with van der Waals surface area (Å²) in [7, 11) is 0.258. The zero-order valence-electron chi connectivity index (χ0n) is 17.4. The Balaban J connectivity index is 1.85. The van der Waals surface area contributed by atoms with Crippen LogP contribution >= 0.6 is 0 Å². The third kappa shape index (κ3) is 7.67. The Hall–Kier alpha value is -1.52. The van der Waals surface area contributed by atoms with Crippen LogP contribution in [0.1, 0.15) is 31.2 Å². The number of benzene rings is 1. The van der Waals surface area contributed by atoms with Crippen LogP contribution < -0.4 is 10.0 Å². The van der Waals surface area contributed by atoms with Gasteiger partial charge < -0.3 is 20.1 Å². The molecular weight excluding hydrogens is 394 g/mol. The molecule has 3 N–H and O–H groups in total. The number of nitrogens with one attached hydrogen (secondary N) is 2. The van der Waals surface area contributed by atoms with Gasteiger partial charge in [0.25, 0.3) is 0 Å². The highest BCUT2D eigenvalue weighted by Gasteiger charge is 2.34. The number of ether oxygens (including phenoxy) is 1. The summed E-state index contributed by atoms with van der Waals surface area (Å²) >= 11 is 0. The molecule has 164 valence electrons. The Labute approximate surface area is 173 Å². The zero-order chi connectivity index (χ0) is 21.4. The number of hydrogen-bond donors (Lipinski definition) is 3. The smallest absolute Gasteiger partial charge is 0.240 e. The normalized spacial score (nSPS) is 22.6. The van der Waals surface area contributed by atoms with Gasteiger partial charge in [0.1, 0.15) is 0 Å². The number of rotatable bonds is 10. The van der Waals surface area contributed by atoms with Crippen molar-refractivity contribution in [2.45, 2.75) is 55.8 Å². The first-order valence-corrected chi connectivity index (χ1v) is 11.5. The van der Waals surface area contributed by atoms with Crippen molar-refractivity contribution >= 4 is 15.9 Å². The summed E-state index contributed by atoms with van der Waals surface area (Å²) in [5.74, 6) is -0.0934. The van der Waals surface area contributed by atoms with E-state index in [4.69, 9.17) is 4.74 Å². The summed E-state index contributed by atoms with van der Waals surface area (Å²) in [6, 6.07) is 6.05. The lowest BCUT2D eigenvalue weighted by Gasteiger charge is -2.35. The maximum absolute atomic E-state index is 12.6. The number of carbonyl (C=O) groups excluding carboxylic acids is 1. The molecule has 0 unspecified atom stereocenters. The largest absolute Gasteiger partial charge is 0.394 e. The van der Waals surface area contributed by atoms with E-state index in [2.05, 4.69) is 14.9 Å². The van der Waals surface area contributed by atoms with Crippen molar-refractivity contribution in [3.63, 3.8) is 0 Å². The average molecular weight is 428 g/mol. The number of aliphatic hydroxyl groups excluding tert-OH is 1. The first-order valence-electron chi connectivity index (χ1n) is 9.98. The molecule has 0 spiro atoms. The van der Waals surface area contributed by atoms with Crippen LogP contribution in [-0.4, -0.2) is 76.4 Å². The van der Waals surface area contributed by atoms with Gasteiger partial charge in [-0.2, -0.15) is 0 Å². The van der Waals surface area contributed by atoms with Gasteiger partial charge in [-0.1, -0.05) is 17.7 Å². The summed E-state index contributed by atoms with van der Waals surface area (Å²) in [5.41, 5.74) is 0.973. The molecule has 29 heavy (non-hydrogen) atoms. The van der Waals surface area contributed by atoms with Crippen LogP contribution in [0, 0.1) is 6.92 Å². The Bertz CT molecular complexity index is 752. The Morgan fingerprint density at radius 3 is 2.55 bits per heavy atom. The lowest BCUT2D eigenvalue weighted by Crippen LogP contribution is -2.51. The van der Waals surface area contributed by atoms with Crippen molar-refractivity contribution in [3.8, 4) is 0 Å². The van der Waals surface area contributed by atoms with Gasteiger partial charge in [0, 0.05) is 6.54 Å². The maximum Gasteiger partial charge on any atom is 0.240 e. The first kappa shape index (κ1) is 23.8. The van der Waals surface area contributed by atoms with Gasteiger partial charge in [-0.25, -0.2) is 13.1 Å². The van der Waals surface area contributed by atoms with E-state index >= 15 is 0 Å². The van der Waals surface area contributed by atoms with E-state index in [1.807, 2.05) is 21.0 Å². The first-order chi connectivity index (χ1) is 13.7. The van der Waals surface area contributed by atoms with E-state index in [0.29, 0.717) is 19.4 Å². The van der Waals surface area contributed by atoms with Gasteiger partial charge in [0.15, 0.2) is 0 Å². The fourth-order valence-electron chi connectivity index (χ4n) is 3.30. The number of sulfonamides is 1. The van der Waals surface area contributed by atoms with Crippen LogP contribution in [0.15, 0.2) is 29.2 Å². The molecule has 8 nitrogen and oxygen atoms in total. The minimum absolute atomic E-state index is 0.0934. The molecule has 0 radical (unpaired) electrons. The van der Waals surface area contributed by atoms with E-state index < -0.39 is 22.2 Å². The van der Waals surface area contributed by atoms with Gasteiger partial charge >= 0.3 is 0 Å². The van der Waals surface area contributed by atoms with Crippen LogP contribution in [0.2, 0.25) is 0 Å². The fourth-order valence-corrected chi connectivity index (χ4v) is 4.60. The third-order valence-corrected chi connectivity index (χ3v) is 6.46. The minimum Gasteiger partial charge on any atom is -0.394 e. The van der Waals surface area contributed by atoms with Crippen LogP contribution in [0.4, 0.5) is 0 Å². The summed E-state index contributed by atoms with van der Waals surface area (Å²) in [6.45, 7) is 3.07. The molecular formula is C20H33N3O5S. The highest BCUT2D eigenvalue weighted by molar-refractivity contribution is 7.89. The van der Waals surface area contributed by atoms with Crippen LogP contribution in [0.25, 0.3) is 0 Å². The van der Waals surface area contributed by atoms with Gasteiger partial charge in [0.2, 0.25) is 15.9 Å². The number of aryl methyl sites for hydroxylation is 1. The Morgan fingerprint density at radius 1 is 1.24 bits per heavy atom. The van der Waals surface area contributed by atoms with Crippen LogP contribution in [0.5, 0.6) is 0 Å². The monoisotopic (exact) mass is 427 g/mol. The highest BCUT2D eigenvalue weighted by atomic mass is 32.2.